The van der Waals surface area contributed by atoms with Gasteiger partial charge in [-0.05, 0) is 64.7 Å². The Morgan fingerprint density at radius 1 is 0.938 bits per heavy atom. The van der Waals surface area contributed by atoms with Crippen molar-refractivity contribution in [3.8, 4) is 11.8 Å². The Bertz CT molecular complexity index is 1330. The van der Waals surface area contributed by atoms with Crippen molar-refractivity contribution in [3.63, 3.8) is 0 Å². The van der Waals surface area contributed by atoms with Gasteiger partial charge in [-0.25, -0.2) is 0 Å². The molecule has 0 saturated heterocycles. The molecule has 0 atom stereocenters. The van der Waals surface area contributed by atoms with Gasteiger partial charge in [0.05, 0.1) is 0 Å². The fourth-order valence-corrected chi connectivity index (χ4v) is 3.37. The van der Waals surface area contributed by atoms with E-state index >= 15 is 0 Å². The van der Waals surface area contributed by atoms with E-state index < -0.39 is 5.91 Å². The lowest BCUT2D eigenvalue weighted by atomic mass is 10.1. The first kappa shape index (κ1) is 20.9. The standard InChI is InChI=1S/C28H22N2O2/c1-20-6-2-5-9-27(20)30-28(31)25(18-29)16-21-11-14-26(15-12-21)32-19-22-10-13-23-7-3-4-8-24(23)17-22/h2-17H,19H2,1H3,(H,30,31)/b25-16-. The van der Waals surface area contributed by atoms with Crippen molar-refractivity contribution in [2.45, 2.75) is 13.5 Å². The van der Waals surface area contributed by atoms with Crippen LogP contribution in [0, 0.1) is 18.3 Å². The smallest absolute Gasteiger partial charge is 0.266 e. The van der Waals surface area contributed by atoms with Crippen LogP contribution in [0.25, 0.3) is 16.8 Å². The fraction of sp³-hybridized carbons (Fsp3) is 0.0714. The van der Waals surface area contributed by atoms with E-state index in [1.807, 2.05) is 73.7 Å². The number of benzene rings is 4. The van der Waals surface area contributed by atoms with Crippen LogP contribution >= 0.6 is 0 Å². The molecule has 1 N–H and O–H groups in total. The number of rotatable bonds is 6. The predicted octanol–water partition coefficient (Wildman–Crippen LogP) is 6.27. The number of para-hydroxylation sites is 1. The topological polar surface area (TPSA) is 62.1 Å². The molecule has 32 heavy (non-hydrogen) atoms. The minimum absolute atomic E-state index is 0.0399. The summed E-state index contributed by atoms with van der Waals surface area (Å²) in [5.41, 5.74) is 3.51. The minimum Gasteiger partial charge on any atom is -0.489 e. The normalized spacial score (nSPS) is 11.1. The van der Waals surface area contributed by atoms with Crippen molar-refractivity contribution in [2.24, 2.45) is 0 Å². The second-order valence-corrected chi connectivity index (χ2v) is 7.48. The SMILES string of the molecule is Cc1ccccc1NC(=O)/C(C#N)=C\c1ccc(OCc2ccc3ccccc3c2)cc1. The number of nitriles is 1. The molecule has 0 fully saturated rings. The molecule has 0 heterocycles. The Balaban J connectivity index is 1.41. The van der Waals surface area contributed by atoms with Gasteiger partial charge in [-0.1, -0.05) is 66.7 Å². The van der Waals surface area contributed by atoms with Crippen LogP contribution in [0.1, 0.15) is 16.7 Å². The van der Waals surface area contributed by atoms with Gasteiger partial charge in [0.15, 0.2) is 0 Å². The minimum atomic E-state index is -0.432. The maximum Gasteiger partial charge on any atom is 0.266 e. The average Bonchev–Trinajstić information content (AvgIpc) is 2.83. The zero-order chi connectivity index (χ0) is 22.3. The molecule has 0 spiro atoms. The lowest BCUT2D eigenvalue weighted by molar-refractivity contribution is -0.112. The number of nitrogens with one attached hydrogen (secondary N) is 1. The molecule has 4 rings (SSSR count). The van der Waals surface area contributed by atoms with Crippen LogP contribution in [0.3, 0.4) is 0 Å². The molecule has 0 aliphatic carbocycles. The van der Waals surface area contributed by atoms with Crippen LogP contribution in [0.2, 0.25) is 0 Å². The van der Waals surface area contributed by atoms with Gasteiger partial charge in [0.1, 0.15) is 24.0 Å². The molecule has 0 unspecified atom stereocenters. The van der Waals surface area contributed by atoms with Crippen molar-refractivity contribution in [2.75, 3.05) is 5.32 Å². The second-order valence-electron chi connectivity index (χ2n) is 7.48. The molecule has 0 saturated carbocycles. The van der Waals surface area contributed by atoms with Gasteiger partial charge in [0.2, 0.25) is 0 Å². The van der Waals surface area contributed by atoms with Crippen LogP contribution in [-0.4, -0.2) is 5.91 Å². The Morgan fingerprint density at radius 3 is 2.41 bits per heavy atom. The largest absolute Gasteiger partial charge is 0.489 e. The Kier molecular flexibility index (Phi) is 6.29. The maximum atomic E-state index is 12.5. The molecule has 0 bridgehead atoms. The van der Waals surface area contributed by atoms with Crippen LogP contribution in [0.4, 0.5) is 5.69 Å². The number of amides is 1. The highest BCUT2D eigenvalue weighted by Gasteiger charge is 2.10. The lowest BCUT2D eigenvalue weighted by Crippen LogP contribution is -2.14. The van der Waals surface area contributed by atoms with Crippen LogP contribution in [0.5, 0.6) is 5.75 Å². The fourth-order valence-electron chi connectivity index (χ4n) is 3.37. The van der Waals surface area contributed by atoms with E-state index in [1.54, 1.807) is 6.08 Å². The third-order valence-corrected chi connectivity index (χ3v) is 5.17. The summed E-state index contributed by atoms with van der Waals surface area (Å²) < 4.78 is 5.90. The number of anilines is 1. The summed E-state index contributed by atoms with van der Waals surface area (Å²) in [6, 6.07) is 31.3. The zero-order valence-corrected chi connectivity index (χ0v) is 17.7. The van der Waals surface area contributed by atoms with E-state index in [1.165, 1.54) is 10.8 Å². The van der Waals surface area contributed by atoms with E-state index in [9.17, 15) is 10.1 Å². The molecule has 0 radical (unpaired) electrons. The average molecular weight is 418 g/mol. The first-order valence-corrected chi connectivity index (χ1v) is 10.3. The van der Waals surface area contributed by atoms with Crippen molar-refractivity contribution < 1.29 is 9.53 Å². The number of fused-ring (bicyclic) bond motifs is 1. The number of carbonyl (C=O) groups excluding carboxylic acids is 1. The summed E-state index contributed by atoms with van der Waals surface area (Å²) in [4.78, 5) is 12.5. The molecule has 156 valence electrons. The van der Waals surface area contributed by atoms with E-state index in [4.69, 9.17) is 4.74 Å². The highest BCUT2D eigenvalue weighted by atomic mass is 16.5. The van der Waals surface area contributed by atoms with Crippen LogP contribution in [0.15, 0.2) is 96.6 Å². The first-order chi connectivity index (χ1) is 15.6. The number of nitrogens with zero attached hydrogens (tertiary/aromatic N) is 1. The van der Waals surface area contributed by atoms with Gasteiger partial charge in [0, 0.05) is 5.69 Å². The summed E-state index contributed by atoms with van der Waals surface area (Å²) in [5, 5.41) is 14.6. The number of aryl methyl sites for hydroxylation is 1. The Labute approximate surface area is 187 Å². The molecule has 4 heteroatoms. The second kappa shape index (κ2) is 9.63. The van der Waals surface area contributed by atoms with Crippen LogP contribution < -0.4 is 10.1 Å². The zero-order valence-electron chi connectivity index (χ0n) is 17.7. The Morgan fingerprint density at radius 2 is 1.66 bits per heavy atom. The van der Waals surface area contributed by atoms with E-state index in [-0.39, 0.29) is 5.57 Å². The van der Waals surface area contributed by atoms with Crippen molar-refractivity contribution in [1.82, 2.24) is 0 Å². The Hall–Kier alpha value is -4.36. The summed E-state index contributed by atoms with van der Waals surface area (Å²) in [6.07, 6.45) is 1.57. The highest BCUT2D eigenvalue weighted by Crippen LogP contribution is 2.20. The van der Waals surface area contributed by atoms with Crippen molar-refractivity contribution in [3.05, 3.63) is 113 Å². The summed E-state index contributed by atoms with van der Waals surface area (Å²) in [7, 11) is 0. The molecule has 4 nitrogen and oxygen atoms in total. The predicted molar refractivity (Wildman–Crippen MR) is 128 cm³/mol. The van der Waals surface area contributed by atoms with Crippen molar-refractivity contribution in [1.29, 1.82) is 5.26 Å². The van der Waals surface area contributed by atoms with Gasteiger partial charge < -0.3 is 10.1 Å². The molecular formula is C28H22N2O2. The summed E-state index contributed by atoms with van der Waals surface area (Å²) >= 11 is 0. The monoisotopic (exact) mass is 418 g/mol. The number of carbonyl (C=O) groups is 1. The number of hydrogen-bond acceptors (Lipinski definition) is 3. The van der Waals surface area contributed by atoms with Gasteiger partial charge in [-0.15, -0.1) is 0 Å². The third kappa shape index (κ3) is 5.03. The summed E-state index contributed by atoms with van der Waals surface area (Å²) in [6.45, 7) is 2.37. The van der Waals surface area contributed by atoms with E-state index in [0.717, 1.165) is 22.4 Å². The quantitative estimate of drug-likeness (QED) is 0.296. The van der Waals surface area contributed by atoms with Gasteiger partial charge in [0.25, 0.3) is 5.91 Å². The van der Waals surface area contributed by atoms with Gasteiger partial charge >= 0.3 is 0 Å². The highest BCUT2D eigenvalue weighted by molar-refractivity contribution is 6.09. The molecule has 4 aromatic carbocycles. The molecule has 0 aromatic heterocycles. The molecule has 0 aliphatic rings. The van der Waals surface area contributed by atoms with Gasteiger partial charge in [-0.3, -0.25) is 4.79 Å². The number of hydrogen-bond donors (Lipinski definition) is 1. The number of ether oxygens (including phenoxy) is 1. The molecule has 4 aromatic rings. The molecule has 0 aliphatic heterocycles. The summed E-state index contributed by atoms with van der Waals surface area (Å²) in [5.74, 6) is 0.289. The molecule has 1 amide bonds. The van der Waals surface area contributed by atoms with Gasteiger partial charge in [-0.2, -0.15) is 5.26 Å². The van der Waals surface area contributed by atoms with Crippen LogP contribution in [-0.2, 0) is 11.4 Å². The van der Waals surface area contributed by atoms with E-state index in [0.29, 0.717) is 12.3 Å². The van der Waals surface area contributed by atoms with E-state index in [2.05, 4.69) is 35.6 Å². The maximum absolute atomic E-state index is 12.5. The third-order valence-electron chi connectivity index (χ3n) is 5.17. The van der Waals surface area contributed by atoms with Crippen molar-refractivity contribution >= 4 is 28.4 Å². The lowest BCUT2D eigenvalue weighted by Gasteiger charge is -2.08. The molecular weight excluding hydrogens is 396 g/mol. The first-order valence-electron chi connectivity index (χ1n) is 10.3.